The molecule has 0 aromatic heterocycles. The summed E-state index contributed by atoms with van der Waals surface area (Å²) in [6.07, 6.45) is 3.45. The van der Waals surface area contributed by atoms with Crippen molar-refractivity contribution < 1.29 is 4.79 Å². The molecular formula is C11H21N3O. The number of carbonyl (C=O) groups is 1. The van der Waals surface area contributed by atoms with E-state index >= 15 is 0 Å². The van der Waals surface area contributed by atoms with E-state index in [-0.39, 0.29) is 6.03 Å². The van der Waals surface area contributed by atoms with Crippen LogP contribution < -0.4 is 10.6 Å². The monoisotopic (exact) mass is 211 g/mol. The smallest absolute Gasteiger partial charge is 0.317 e. The van der Waals surface area contributed by atoms with E-state index in [1.807, 2.05) is 4.90 Å². The van der Waals surface area contributed by atoms with Gasteiger partial charge in [-0.2, -0.15) is 0 Å². The maximum Gasteiger partial charge on any atom is 0.317 e. The molecule has 2 atom stereocenters. The van der Waals surface area contributed by atoms with E-state index < -0.39 is 0 Å². The Hall–Kier alpha value is -0.770. The van der Waals surface area contributed by atoms with Gasteiger partial charge in [0, 0.05) is 25.7 Å². The van der Waals surface area contributed by atoms with Crippen LogP contribution in [0.2, 0.25) is 0 Å². The van der Waals surface area contributed by atoms with Crippen LogP contribution in [0, 0.1) is 5.92 Å². The van der Waals surface area contributed by atoms with Crippen molar-refractivity contribution in [3.63, 3.8) is 0 Å². The molecule has 86 valence electrons. The molecule has 2 aliphatic rings. The van der Waals surface area contributed by atoms with Crippen molar-refractivity contribution in [1.82, 2.24) is 15.5 Å². The van der Waals surface area contributed by atoms with Gasteiger partial charge in [0.15, 0.2) is 0 Å². The minimum absolute atomic E-state index is 0.115. The zero-order chi connectivity index (χ0) is 10.7. The maximum absolute atomic E-state index is 11.7. The van der Waals surface area contributed by atoms with Crippen molar-refractivity contribution in [1.29, 1.82) is 0 Å². The summed E-state index contributed by atoms with van der Waals surface area (Å²) < 4.78 is 0. The molecule has 0 bridgehead atoms. The van der Waals surface area contributed by atoms with Gasteiger partial charge in [-0.05, 0) is 31.7 Å². The number of rotatable bonds is 2. The Kier molecular flexibility index (Phi) is 3.46. The number of piperidine rings is 1. The third-order valence-corrected chi connectivity index (χ3v) is 3.49. The molecule has 2 rings (SSSR count). The van der Waals surface area contributed by atoms with Gasteiger partial charge in [0.05, 0.1) is 0 Å². The SMILES string of the molecule is CCCNC(=O)N1CC[C@H]2CCN[C@H]2C1. The number of nitrogens with one attached hydrogen (secondary N) is 2. The number of urea groups is 1. The molecule has 0 unspecified atom stereocenters. The van der Waals surface area contributed by atoms with Gasteiger partial charge in [0.1, 0.15) is 0 Å². The molecule has 0 radical (unpaired) electrons. The highest BCUT2D eigenvalue weighted by Crippen LogP contribution is 2.24. The predicted octanol–water partition coefficient (Wildman–Crippen LogP) is 0.790. The number of fused-ring (bicyclic) bond motifs is 1. The number of amides is 2. The van der Waals surface area contributed by atoms with Crippen molar-refractivity contribution in [2.75, 3.05) is 26.2 Å². The van der Waals surface area contributed by atoms with Crippen LogP contribution in [0.5, 0.6) is 0 Å². The lowest BCUT2D eigenvalue weighted by Crippen LogP contribution is -2.51. The third kappa shape index (κ3) is 2.43. The molecule has 4 nitrogen and oxygen atoms in total. The van der Waals surface area contributed by atoms with Gasteiger partial charge >= 0.3 is 6.03 Å². The summed E-state index contributed by atoms with van der Waals surface area (Å²) in [7, 11) is 0. The maximum atomic E-state index is 11.7. The first-order chi connectivity index (χ1) is 7.31. The highest BCUT2D eigenvalue weighted by molar-refractivity contribution is 5.74. The first kappa shape index (κ1) is 10.7. The molecule has 0 spiro atoms. The highest BCUT2D eigenvalue weighted by atomic mass is 16.2. The first-order valence-electron chi connectivity index (χ1n) is 6.07. The molecule has 2 saturated heterocycles. The molecule has 2 fully saturated rings. The molecule has 2 amide bonds. The van der Waals surface area contributed by atoms with Gasteiger partial charge in [-0.15, -0.1) is 0 Å². The van der Waals surface area contributed by atoms with Gasteiger partial charge < -0.3 is 15.5 Å². The fourth-order valence-corrected chi connectivity index (χ4v) is 2.56. The van der Waals surface area contributed by atoms with Gasteiger partial charge in [0.25, 0.3) is 0 Å². The molecule has 2 N–H and O–H groups in total. The Labute approximate surface area is 91.4 Å². The lowest BCUT2D eigenvalue weighted by molar-refractivity contribution is 0.161. The summed E-state index contributed by atoms with van der Waals surface area (Å²) in [5.41, 5.74) is 0. The zero-order valence-corrected chi connectivity index (χ0v) is 9.46. The average Bonchev–Trinajstić information content (AvgIpc) is 2.72. The van der Waals surface area contributed by atoms with Gasteiger partial charge in [-0.25, -0.2) is 4.79 Å². The Bertz CT molecular complexity index is 232. The van der Waals surface area contributed by atoms with Crippen molar-refractivity contribution in [3.8, 4) is 0 Å². The second-order valence-corrected chi connectivity index (χ2v) is 4.58. The quantitative estimate of drug-likeness (QED) is 0.709. The van der Waals surface area contributed by atoms with Crippen molar-refractivity contribution >= 4 is 6.03 Å². The lowest BCUT2D eigenvalue weighted by atomic mass is 9.93. The van der Waals surface area contributed by atoms with Gasteiger partial charge in [0.2, 0.25) is 0 Å². The molecule has 15 heavy (non-hydrogen) atoms. The molecule has 2 aliphatic heterocycles. The summed E-state index contributed by atoms with van der Waals surface area (Å²) in [6.45, 7) is 5.81. The van der Waals surface area contributed by atoms with E-state index in [2.05, 4.69) is 17.6 Å². The first-order valence-corrected chi connectivity index (χ1v) is 6.07. The lowest BCUT2D eigenvalue weighted by Gasteiger charge is -2.34. The predicted molar refractivity (Wildman–Crippen MR) is 59.8 cm³/mol. The number of carbonyl (C=O) groups excluding carboxylic acids is 1. The van der Waals surface area contributed by atoms with Crippen LogP contribution >= 0.6 is 0 Å². The minimum atomic E-state index is 0.115. The van der Waals surface area contributed by atoms with E-state index in [9.17, 15) is 4.79 Å². The van der Waals surface area contributed by atoms with Crippen LogP contribution in [0.1, 0.15) is 26.2 Å². The van der Waals surface area contributed by atoms with E-state index in [1.165, 1.54) is 6.42 Å². The molecule has 0 aliphatic carbocycles. The fraction of sp³-hybridized carbons (Fsp3) is 0.909. The van der Waals surface area contributed by atoms with E-state index in [1.54, 1.807) is 0 Å². The summed E-state index contributed by atoms with van der Waals surface area (Å²) in [4.78, 5) is 13.7. The van der Waals surface area contributed by atoms with Crippen LogP contribution in [0.4, 0.5) is 4.79 Å². The summed E-state index contributed by atoms with van der Waals surface area (Å²) in [5.74, 6) is 0.806. The number of hydrogen-bond acceptors (Lipinski definition) is 2. The van der Waals surface area contributed by atoms with Crippen LogP contribution in [-0.2, 0) is 0 Å². The Morgan fingerprint density at radius 1 is 1.53 bits per heavy atom. The molecule has 0 aromatic rings. The van der Waals surface area contributed by atoms with Gasteiger partial charge in [-0.3, -0.25) is 0 Å². The highest BCUT2D eigenvalue weighted by Gasteiger charge is 2.33. The summed E-state index contributed by atoms with van der Waals surface area (Å²) in [5, 5.41) is 6.42. The number of likely N-dealkylation sites (tertiary alicyclic amines) is 1. The van der Waals surface area contributed by atoms with Crippen molar-refractivity contribution in [3.05, 3.63) is 0 Å². The van der Waals surface area contributed by atoms with Gasteiger partial charge in [-0.1, -0.05) is 6.92 Å². The topological polar surface area (TPSA) is 44.4 Å². The molecule has 4 heteroatoms. The summed E-state index contributed by atoms with van der Waals surface area (Å²) in [6, 6.07) is 0.662. The van der Waals surface area contributed by atoms with Crippen LogP contribution in [0.15, 0.2) is 0 Å². The standard InChI is InChI=1S/C11H21N3O/c1-2-5-13-11(15)14-7-4-9-3-6-12-10(9)8-14/h9-10,12H,2-8H2,1H3,(H,13,15)/t9-,10+/m1/s1. The van der Waals surface area contributed by atoms with E-state index in [0.29, 0.717) is 6.04 Å². The molecule has 2 heterocycles. The second-order valence-electron chi connectivity index (χ2n) is 4.58. The van der Waals surface area contributed by atoms with Crippen molar-refractivity contribution in [2.24, 2.45) is 5.92 Å². The molecular weight excluding hydrogens is 190 g/mol. The largest absolute Gasteiger partial charge is 0.338 e. The Morgan fingerprint density at radius 2 is 2.40 bits per heavy atom. The van der Waals surface area contributed by atoms with Crippen LogP contribution in [-0.4, -0.2) is 43.2 Å². The molecule has 0 aromatic carbocycles. The normalized spacial score (nSPS) is 30.1. The Balaban J connectivity index is 1.81. The number of hydrogen-bond donors (Lipinski definition) is 2. The third-order valence-electron chi connectivity index (χ3n) is 3.49. The second kappa shape index (κ2) is 4.84. The Morgan fingerprint density at radius 3 is 3.20 bits per heavy atom. The van der Waals surface area contributed by atoms with Crippen LogP contribution in [0.25, 0.3) is 0 Å². The zero-order valence-electron chi connectivity index (χ0n) is 9.46. The van der Waals surface area contributed by atoms with Crippen LogP contribution in [0.3, 0.4) is 0 Å². The summed E-state index contributed by atoms with van der Waals surface area (Å²) >= 11 is 0. The average molecular weight is 211 g/mol. The number of nitrogens with zero attached hydrogens (tertiary/aromatic N) is 1. The van der Waals surface area contributed by atoms with Crippen molar-refractivity contribution in [2.45, 2.75) is 32.2 Å². The van der Waals surface area contributed by atoms with E-state index in [0.717, 1.165) is 44.9 Å². The van der Waals surface area contributed by atoms with E-state index in [4.69, 9.17) is 0 Å². The fourth-order valence-electron chi connectivity index (χ4n) is 2.56. The minimum Gasteiger partial charge on any atom is -0.338 e. The molecule has 0 saturated carbocycles.